The lowest BCUT2D eigenvalue weighted by molar-refractivity contribution is 0.101. The molecule has 0 unspecified atom stereocenters. The molecule has 31 heavy (non-hydrogen) atoms. The van der Waals surface area contributed by atoms with E-state index in [2.05, 4.69) is 15.3 Å². The van der Waals surface area contributed by atoms with E-state index in [9.17, 15) is 23.2 Å². The summed E-state index contributed by atoms with van der Waals surface area (Å²) in [6.45, 7) is 0. The number of carbonyl (C=O) groups is 2. The van der Waals surface area contributed by atoms with Gasteiger partial charge in [0, 0.05) is 11.1 Å². The molecule has 11 heteroatoms. The maximum Gasteiger partial charge on any atom is 0.277 e. The highest BCUT2D eigenvalue weighted by Crippen LogP contribution is 2.20. The number of amides is 1. The summed E-state index contributed by atoms with van der Waals surface area (Å²) in [5.74, 6) is -3.09. The maximum atomic E-state index is 13.3. The molecule has 1 amide bonds. The molecule has 0 atom stereocenters. The number of ketones is 1. The predicted molar refractivity (Wildman–Crippen MR) is 112 cm³/mol. The first-order chi connectivity index (χ1) is 14.8. The number of ether oxygens (including phenoxy) is 1. The number of halogens is 2. The largest absolute Gasteiger partial charge is 0.497 e. The van der Waals surface area contributed by atoms with Crippen molar-refractivity contribution in [3.63, 3.8) is 0 Å². The zero-order valence-electron chi connectivity index (χ0n) is 16.1. The third-order valence-corrected chi connectivity index (χ3v) is 4.97. The van der Waals surface area contributed by atoms with Gasteiger partial charge in [0.15, 0.2) is 28.4 Å². The van der Waals surface area contributed by atoms with Crippen LogP contribution in [-0.4, -0.2) is 34.5 Å². The van der Waals surface area contributed by atoms with Crippen LogP contribution in [0.1, 0.15) is 20.7 Å². The lowest BCUT2D eigenvalue weighted by Gasteiger charge is -2.09. The molecule has 0 spiro atoms. The molecule has 1 heterocycles. The Labute approximate surface area is 178 Å². The number of hydrogen-bond donors (Lipinski definition) is 3. The van der Waals surface area contributed by atoms with E-state index < -0.39 is 23.1 Å². The SMILES string of the molecule is COc1ccc(C(=O)CSc2nc(N)c(NC(=O)c3ccc(F)c(F)c3)c(=O)[nH]2)cc1. The third-order valence-electron chi connectivity index (χ3n) is 4.10. The Morgan fingerprint density at radius 1 is 1.13 bits per heavy atom. The van der Waals surface area contributed by atoms with Crippen molar-refractivity contribution in [2.45, 2.75) is 5.16 Å². The second-order valence-corrected chi connectivity index (χ2v) is 7.12. The summed E-state index contributed by atoms with van der Waals surface area (Å²) in [6, 6.07) is 9.07. The summed E-state index contributed by atoms with van der Waals surface area (Å²) in [5, 5.41) is 2.30. The van der Waals surface area contributed by atoms with Crippen molar-refractivity contribution in [1.82, 2.24) is 9.97 Å². The Morgan fingerprint density at radius 2 is 1.81 bits per heavy atom. The fraction of sp³-hybridized carbons (Fsp3) is 0.100. The van der Waals surface area contributed by atoms with Gasteiger partial charge in [0.1, 0.15) is 11.4 Å². The Balaban J connectivity index is 1.69. The topological polar surface area (TPSA) is 127 Å². The van der Waals surface area contributed by atoms with Crippen LogP contribution >= 0.6 is 11.8 Å². The lowest BCUT2D eigenvalue weighted by atomic mass is 10.1. The van der Waals surface area contributed by atoms with Crippen molar-refractivity contribution in [1.29, 1.82) is 0 Å². The Hall–Kier alpha value is -3.73. The minimum absolute atomic E-state index is 0.0186. The van der Waals surface area contributed by atoms with Gasteiger partial charge in [0.25, 0.3) is 11.5 Å². The van der Waals surface area contributed by atoms with E-state index in [-0.39, 0.29) is 33.8 Å². The van der Waals surface area contributed by atoms with Gasteiger partial charge in [-0.05, 0) is 42.5 Å². The van der Waals surface area contributed by atoms with Crippen molar-refractivity contribution in [2.75, 3.05) is 23.9 Å². The molecular weight excluding hydrogens is 430 g/mol. The highest BCUT2D eigenvalue weighted by atomic mass is 32.2. The predicted octanol–water partition coefficient (Wildman–Crippen LogP) is 2.87. The second kappa shape index (κ2) is 9.39. The number of H-pyrrole nitrogens is 1. The van der Waals surface area contributed by atoms with Gasteiger partial charge < -0.3 is 15.8 Å². The van der Waals surface area contributed by atoms with Crippen LogP contribution in [0.4, 0.5) is 20.3 Å². The molecule has 4 N–H and O–H groups in total. The number of thioether (sulfide) groups is 1. The van der Waals surface area contributed by atoms with Crippen LogP contribution in [0.3, 0.4) is 0 Å². The number of hydrogen-bond acceptors (Lipinski definition) is 7. The summed E-state index contributed by atoms with van der Waals surface area (Å²) < 4.78 is 31.4. The fourth-order valence-corrected chi connectivity index (χ4v) is 3.24. The molecule has 0 fully saturated rings. The van der Waals surface area contributed by atoms with Crippen LogP contribution in [-0.2, 0) is 0 Å². The number of carbonyl (C=O) groups excluding carboxylic acids is 2. The van der Waals surface area contributed by atoms with Crippen LogP contribution in [0.5, 0.6) is 5.75 Å². The molecule has 0 aliphatic heterocycles. The first-order valence-corrected chi connectivity index (χ1v) is 9.73. The van der Waals surface area contributed by atoms with Crippen molar-refractivity contribution < 1.29 is 23.1 Å². The van der Waals surface area contributed by atoms with Crippen LogP contribution in [0.25, 0.3) is 0 Å². The molecule has 0 saturated carbocycles. The summed E-state index contributed by atoms with van der Waals surface area (Å²) in [4.78, 5) is 43.2. The number of aromatic nitrogens is 2. The number of nitrogens with one attached hydrogen (secondary N) is 2. The molecule has 0 aliphatic carbocycles. The molecule has 160 valence electrons. The van der Waals surface area contributed by atoms with E-state index in [0.717, 1.165) is 23.9 Å². The minimum atomic E-state index is -1.21. The normalized spacial score (nSPS) is 10.5. The number of aromatic amines is 1. The highest BCUT2D eigenvalue weighted by Gasteiger charge is 2.16. The van der Waals surface area contributed by atoms with Gasteiger partial charge in [-0.1, -0.05) is 11.8 Å². The number of nitrogens with zero attached hydrogens (tertiary/aromatic N) is 1. The summed E-state index contributed by atoms with van der Waals surface area (Å²) in [5.41, 5.74) is 4.90. The van der Waals surface area contributed by atoms with Crippen LogP contribution in [0, 0.1) is 11.6 Å². The third kappa shape index (κ3) is 5.25. The molecule has 0 aliphatic rings. The van der Waals surface area contributed by atoms with Crippen molar-refractivity contribution in [3.05, 3.63) is 75.6 Å². The molecule has 0 radical (unpaired) electrons. The van der Waals surface area contributed by atoms with Crippen molar-refractivity contribution >= 4 is 35.0 Å². The first-order valence-electron chi connectivity index (χ1n) is 8.74. The molecule has 1 aromatic heterocycles. The molecule has 8 nitrogen and oxygen atoms in total. The number of nitrogens with two attached hydrogens (primary N) is 1. The summed E-state index contributed by atoms with van der Waals surface area (Å²) in [6.07, 6.45) is 0. The number of methoxy groups -OCH3 is 1. The van der Waals surface area contributed by atoms with Gasteiger partial charge in [-0.2, -0.15) is 0 Å². The molecule has 2 aromatic carbocycles. The van der Waals surface area contributed by atoms with Gasteiger partial charge in [0.2, 0.25) is 0 Å². The highest BCUT2D eigenvalue weighted by molar-refractivity contribution is 7.99. The average molecular weight is 446 g/mol. The van der Waals surface area contributed by atoms with E-state index in [1.54, 1.807) is 24.3 Å². The number of Topliss-reactive ketones (excluding diaryl/α,β-unsaturated/α-hetero) is 1. The number of nitrogen functional groups attached to an aromatic ring is 1. The zero-order valence-corrected chi connectivity index (χ0v) is 16.9. The Bertz CT molecular complexity index is 1200. The minimum Gasteiger partial charge on any atom is -0.497 e. The Morgan fingerprint density at radius 3 is 2.42 bits per heavy atom. The molecule has 0 saturated heterocycles. The maximum absolute atomic E-state index is 13.3. The first kappa shape index (κ1) is 22.0. The lowest BCUT2D eigenvalue weighted by Crippen LogP contribution is -2.23. The van der Waals surface area contributed by atoms with Crippen LogP contribution in [0.2, 0.25) is 0 Å². The quantitative estimate of drug-likeness (QED) is 0.289. The monoisotopic (exact) mass is 446 g/mol. The molecule has 3 rings (SSSR count). The van der Waals surface area contributed by atoms with E-state index in [1.807, 2.05) is 0 Å². The number of rotatable bonds is 7. The zero-order chi connectivity index (χ0) is 22.5. The summed E-state index contributed by atoms with van der Waals surface area (Å²) >= 11 is 0.958. The molecule has 3 aromatic rings. The fourth-order valence-electron chi connectivity index (χ4n) is 2.48. The van der Waals surface area contributed by atoms with E-state index in [1.165, 1.54) is 7.11 Å². The van der Waals surface area contributed by atoms with Crippen molar-refractivity contribution in [3.8, 4) is 5.75 Å². The van der Waals surface area contributed by atoms with Crippen LogP contribution < -0.4 is 21.3 Å². The second-order valence-electron chi connectivity index (χ2n) is 6.15. The van der Waals surface area contributed by atoms with E-state index >= 15 is 0 Å². The van der Waals surface area contributed by atoms with Crippen molar-refractivity contribution in [2.24, 2.45) is 0 Å². The smallest absolute Gasteiger partial charge is 0.277 e. The standard InChI is InChI=1S/C20H16F2N4O4S/c1-30-12-5-2-10(3-6-12)15(27)9-31-20-25-17(23)16(19(29)26-20)24-18(28)11-4-7-13(21)14(22)8-11/h2-8H,9H2,1H3,(H,24,28)(H3,23,25,26,29). The average Bonchev–Trinajstić information content (AvgIpc) is 2.76. The van der Waals surface area contributed by atoms with E-state index in [4.69, 9.17) is 10.5 Å². The van der Waals surface area contributed by atoms with Gasteiger partial charge in [0.05, 0.1) is 12.9 Å². The number of anilines is 2. The van der Waals surface area contributed by atoms with Gasteiger partial charge in [-0.15, -0.1) is 0 Å². The summed E-state index contributed by atoms with van der Waals surface area (Å²) in [7, 11) is 1.52. The molecule has 0 bridgehead atoms. The van der Waals surface area contributed by atoms with Gasteiger partial charge in [-0.3, -0.25) is 19.4 Å². The Kier molecular flexibility index (Phi) is 6.65. The van der Waals surface area contributed by atoms with Crippen LogP contribution in [0.15, 0.2) is 52.4 Å². The molecular formula is C20H16F2N4O4S. The van der Waals surface area contributed by atoms with E-state index in [0.29, 0.717) is 17.4 Å². The number of benzene rings is 2. The van der Waals surface area contributed by atoms with Gasteiger partial charge in [-0.25, -0.2) is 13.8 Å². The van der Waals surface area contributed by atoms with Gasteiger partial charge >= 0.3 is 0 Å².